The molecule has 1 aliphatic rings. The fraction of sp³-hybridized carbons (Fsp3) is 0.394. The fourth-order valence-electron chi connectivity index (χ4n) is 5.36. The van der Waals surface area contributed by atoms with Crippen LogP contribution in [0.4, 0.5) is 5.69 Å². The maximum Gasteiger partial charge on any atom is 0.264 e. The minimum absolute atomic E-state index is 0.0997. The van der Waals surface area contributed by atoms with Crippen molar-refractivity contribution in [3.8, 4) is 0 Å². The van der Waals surface area contributed by atoms with Crippen LogP contribution >= 0.6 is 11.8 Å². The van der Waals surface area contributed by atoms with Gasteiger partial charge in [-0.3, -0.25) is 13.9 Å². The maximum atomic E-state index is 14.2. The summed E-state index contributed by atoms with van der Waals surface area (Å²) in [5, 5.41) is 3.18. The van der Waals surface area contributed by atoms with Crippen molar-refractivity contribution in [2.45, 2.75) is 80.8 Å². The molecule has 9 heteroatoms. The molecule has 0 saturated heterocycles. The summed E-state index contributed by atoms with van der Waals surface area (Å²) in [6.45, 7) is 3.57. The Labute approximate surface area is 254 Å². The molecule has 0 heterocycles. The van der Waals surface area contributed by atoms with E-state index in [0.29, 0.717) is 12.1 Å². The molecule has 2 amide bonds. The van der Waals surface area contributed by atoms with Crippen LogP contribution in [0.25, 0.3) is 0 Å². The molecule has 42 heavy (non-hydrogen) atoms. The second-order valence-electron chi connectivity index (χ2n) is 10.8. The van der Waals surface area contributed by atoms with Crippen molar-refractivity contribution >= 4 is 39.3 Å². The largest absolute Gasteiger partial charge is 0.352 e. The molecule has 0 aromatic heterocycles. The lowest BCUT2D eigenvalue weighted by molar-refractivity contribution is -0.140. The van der Waals surface area contributed by atoms with Crippen molar-refractivity contribution in [2.75, 3.05) is 17.1 Å². The molecule has 0 spiro atoms. The Morgan fingerprint density at radius 2 is 1.57 bits per heavy atom. The first-order valence-electron chi connectivity index (χ1n) is 14.6. The molecule has 1 aliphatic carbocycles. The normalized spacial score (nSPS) is 14.6. The minimum Gasteiger partial charge on any atom is -0.352 e. The number of thioether (sulfide) groups is 1. The topological polar surface area (TPSA) is 86.8 Å². The first-order chi connectivity index (χ1) is 20.2. The highest BCUT2D eigenvalue weighted by molar-refractivity contribution is 7.98. The summed E-state index contributed by atoms with van der Waals surface area (Å²) in [6, 6.07) is 22.6. The van der Waals surface area contributed by atoms with Crippen LogP contribution in [0.15, 0.2) is 88.7 Å². The fourth-order valence-corrected chi connectivity index (χ4v) is 7.18. The average Bonchev–Trinajstić information content (AvgIpc) is 3.01. The molecule has 3 aromatic carbocycles. The smallest absolute Gasteiger partial charge is 0.264 e. The molecule has 0 radical (unpaired) electrons. The Kier molecular flexibility index (Phi) is 11.1. The summed E-state index contributed by atoms with van der Waals surface area (Å²) >= 11 is 1.52. The summed E-state index contributed by atoms with van der Waals surface area (Å²) in [5.74, 6) is -0.625. The number of carbonyl (C=O) groups excluding carboxylic acids is 2. The highest BCUT2D eigenvalue weighted by Gasteiger charge is 2.34. The number of carbonyl (C=O) groups is 2. The maximum absolute atomic E-state index is 14.2. The molecule has 7 nitrogen and oxygen atoms in total. The highest BCUT2D eigenvalue weighted by Crippen LogP contribution is 2.27. The third kappa shape index (κ3) is 7.95. The Bertz CT molecular complexity index is 1420. The molecular formula is C33H41N3O4S2. The number of nitrogens with one attached hydrogen (secondary N) is 1. The Morgan fingerprint density at radius 1 is 0.929 bits per heavy atom. The molecule has 224 valence electrons. The van der Waals surface area contributed by atoms with Gasteiger partial charge in [0.2, 0.25) is 11.8 Å². The highest BCUT2D eigenvalue weighted by atomic mass is 32.2. The Hall–Kier alpha value is -3.30. The number of aryl methyl sites for hydroxylation is 1. The molecule has 0 unspecified atom stereocenters. The van der Waals surface area contributed by atoms with Crippen LogP contribution < -0.4 is 9.62 Å². The van der Waals surface area contributed by atoms with Crippen LogP contribution in [-0.4, -0.2) is 50.0 Å². The van der Waals surface area contributed by atoms with E-state index in [0.717, 1.165) is 46.0 Å². The van der Waals surface area contributed by atoms with E-state index in [2.05, 4.69) is 5.32 Å². The van der Waals surface area contributed by atoms with E-state index in [9.17, 15) is 18.0 Å². The van der Waals surface area contributed by atoms with Gasteiger partial charge in [-0.25, -0.2) is 8.42 Å². The van der Waals surface area contributed by atoms with Gasteiger partial charge in [-0.05, 0) is 74.4 Å². The lowest BCUT2D eigenvalue weighted by Gasteiger charge is -2.34. The van der Waals surface area contributed by atoms with E-state index in [4.69, 9.17) is 0 Å². The zero-order valence-corrected chi connectivity index (χ0v) is 26.3. The van der Waals surface area contributed by atoms with Gasteiger partial charge < -0.3 is 10.2 Å². The zero-order chi connectivity index (χ0) is 30.1. The molecule has 0 aliphatic heterocycles. The minimum atomic E-state index is -4.09. The van der Waals surface area contributed by atoms with Crippen molar-refractivity contribution < 1.29 is 18.0 Å². The number of benzene rings is 3. The van der Waals surface area contributed by atoms with Crippen molar-refractivity contribution in [2.24, 2.45) is 0 Å². The monoisotopic (exact) mass is 607 g/mol. The van der Waals surface area contributed by atoms with Crippen LogP contribution in [0.5, 0.6) is 0 Å². The lowest BCUT2D eigenvalue weighted by Crippen LogP contribution is -2.54. The first-order valence-corrected chi connectivity index (χ1v) is 17.3. The molecule has 1 saturated carbocycles. The third-order valence-electron chi connectivity index (χ3n) is 7.78. The van der Waals surface area contributed by atoms with Gasteiger partial charge in [-0.1, -0.05) is 74.2 Å². The molecule has 1 N–H and O–H groups in total. The summed E-state index contributed by atoms with van der Waals surface area (Å²) in [6.07, 6.45) is 7.53. The zero-order valence-electron chi connectivity index (χ0n) is 24.7. The summed E-state index contributed by atoms with van der Waals surface area (Å²) in [5.41, 5.74) is 2.23. The number of sulfonamides is 1. The number of amides is 2. The van der Waals surface area contributed by atoms with Gasteiger partial charge in [-0.15, -0.1) is 11.8 Å². The summed E-state index contributed by atoms with van der Waals surface area (Å²) in [7, 11) is -4.09. The predicted molar refractivity (Wildman–Crippen MR) is 170 cm³/mol. The van der Waals surface area contributed by atoms with Gasteiger partial charge >= 0.3 is 0 Å². The van der Waals surface area contributed by atoms with Crippen LogP contribution in [0.3, 0.4) is 0 Å². The van der Waals surface area contributed by atoms with Gasteiger partial charge in [0, 0.05) is 17.5 Å². The van der Waals surface area contributed by atoms with E-state index in [1.165, 1.54) is 18.2 Å². The molecular weight excluding hydrogens is 567 g/mol. The van der Waals surface area contributed by atoms with E-state index in [1.54, 1.807) is 41.3 Å². The number of rotatable bonds is 12. The Morgan fingerprint density at radius 3 is 2.17 bits per heavy atom. The van der Waals surface area contributed by atoms with Gasteiger partial charge in [-0.2, -0.15) is 0 Å². The molecule has 4 rings (SSSR count). The SMILES string of the molecule is CC[C@H](C(=O)NC1CCCCC1)N(Cc1ccccc1)C(=O)CN(c1ccc(C)cc1)S(=O)(=O)c1ccc(SC)cc1. The standard InChI is InChI=1S/C33H41N3O4S2/c1-4-31(33(38)34-27-13-9-6-10-14-27)35(23-26-11-7-5-8-12-26)32(37)24-36(28-17-15-25(2)16-18-28)42(39,40)30-21-19-29(41-3)20-22-30/h5,7-8,11-12,15-22,27,31H,4,6,9-10,13-14,23-24H2,1-3H3,(H,34,38)/t31-/m1/s1. The van der Waals surface area contributed by atoms with Gasteiger partial charge in [0.15, 0.2) is 0 Å². The Balaban J connectivity index is 1.68. The number of nitrogens with zero attached hydrogens (tertiary/aromatic N) is 2. The number of hydrogen-bond donors (Lipinski definition) is 1. The van der Waals surface area contributed by atoms with Crippen molar-refractivity contribution in [3.05, 3.63) is 90.0 Å². The quantitative estimate of drug-likeness (QED) is 0.249. The second-order valence-corrected chi connectivity index (χ2v) is 13.5. The van der Waals surface area contributed by atoms with Crippen LogP contribution in [-0.2, 0) is 26.2 Å². The second kappa shape index (κ2) is 14.7. The van der Waals surface area contributed by atoms with E-state index >= 15 is 0 Å². The van der Waals surface area contributed by atoms with Gasteiger partial charge in [0.25, 0.3) is 10.0 Å². The summed E-state index contributed by atoms with van der Waals surface area (Å²) < 4.78 is 29.2. The number of hydrogen-bond acceptors (Lipinski definition) is 5. The third-order valence-corrected chi connectivity index (χ3v) is 10.3. The van der Waals surface area contributed by atoms with Crippen molar-refractivity contribution in [1.29, 1.82) is 0 Å². The van der Waals surface area contributed by atoms with E-state index < -0.39 is 28.5 Å². The van der Waals surface area contributed by atoms with Gasteiger partial charge in [0.1, 0.15) is 12.6 Å². The van der Waals surface area contributed by atoms with Crippen molar-refractivity contribution in [1.82, 2.24) is 10.2 Å². The van der Waals surface area contributed by atoms with E-state index in [1.807, 2.05) is 62.6 Å². The van der Waals surface area contributed by atoms with E-state index in [-0.39, 0.29) is 23.4 Å². The van der Waals surface area contributed by atoms with Crippen LogP contribution in [0, 0.1) is 6.92 Å². The van der Waals surface area contributed by atoms with Crippen molar-refractivity contribution in [3.63, 3.8) is 0 Å². The molecule has 1 fully saturated rings. The first kappa shape index (κ1) is 31.6. The van der Waals surface area contributed by atoms with Crippen LogP contribution in [0.2, 0.25) is 0 Å². The summed E-state index contributed by atoms with van der Waals surface area (Å²) in [4.78, 5) is 30.4. The molecule has 3 aromatic rings. The number of anilines is 1. The lowest BCUT2D eigenvalue weighted by atomic mass is 9.95. The molecule has 1 atom stereocenters. The average molecular weight is 608 g/mol. The molecule has 0 bridgehead atoms. The van der Waals surface area contributed by atoms with Gasteiger partial charge in [0.05, 0.1) is 10.6 Å². The predicted octanol–water partition coefficient (Wildman–Crippen LogP) is 6.17. The van der Waals surface area contributed by atoms with Crippen LogP contribution in [0.1, 0.15) is 56.6 Å².